The fourth-order valence-electron chi connectivity index (χ4n) is 3.05. The van der Waals surface area contributed by atoms with Gasteiger partial charge in [0.05, 0.1) is 18.5 Å². The molecular weight excluding hydrogens is 348 g/mol. The third kappa shape index (κ3) is 4.41. The van der Waals surface area contributed by atoms with Gasteiger partial charge >= 0.3 is 0 Å². The number of carbonyl (C=O) groups excluding carboxylic acids is 1. The minimum Gasteiger partial charge on any atom is -0.497 e. The number of ether oxygens (including phenoxy) is 1. The Labute approximate surface area is 165 Å². The molecule has 0 unspecified atom stereocenters. The molecule has 28 heavy (non-hydrogen) atoms. The number of nitrogens with two attached hydrogens (primary N) is 1. The van der Waals surface area contributed by atoms with Gasteiger partial charge in [0.1, 0.15) is 5.75 Å². The summed E-state index contributed by atoms with van der Waals surface area (Å²) in [6.07, 6.45) is 3.36. The zero-order chi connectivity index (χ0) is 20.1. The van der Waals surface area contributed by atoms with E-state index in [4.69, 9.17) is 10.5 Å². The molecule has 0 saturated carbocycles. The molecule has 0 aliphatic rings. The van der Waals surface area contributed by atoms with E-state index >= 15 is 0 Å². The van der Waals surface area contributed by atoms with Crippen molar-refractivity contribution in [2.24, 2.45) is 0 Å². The van der Waals surface area contributed by atoms with E-state index in [0.29, 0.717) is 11.4 Å². The zero-order valence-corrected chi connectivity index (χ0v) is 16.3. The molecule has 0 spiro atoms. The predicted octanol–water partition coefficient (Wildman–Crippen LogP) is 5.21. The molecule has 142 valence electrons. The molecule has 3 N–H and O–H groups in total. The van der Waals surface area contributed by atoms with E-state index in [2.05, 4.69) is 24.4 Å². The molecule has 4 heteroatoms. The normalized spacial score (nSPS) is 10.8. The number of amides is 1. The molecule has 0 fully saturated rings. The number of nitrogens with one attached hydrogen (secondary N) is 1. The first-order chi connectivity index (χ1) is 13.5. The van der Waals surface area contributed by atoms with Crippen molar-refractivity contribution in [3.8, 4) is 16.9 Å². The fraction of sp³-hybridized carbons (Fsp3) is 0.125. The lowest BCUT2D eigenvalue weighted by Gasteiger charge is -2.11. The Balaban J connectivity index is 1.79. The van der Waals surface area contributed by atoms with E-state index in [1.165, 1.54) is 11.6 Å². The Morgan fingerprint density at radius 2 is 1.71 bits per heavy atom. The minimum atomic E-state index is -0.214. The van der Waals surface area contributed by atoms with Crippen LogP contribution >= 0.6 is 0 Å². The number of aryl methyl sites for hydroxylation is 2. The highest BCUT2D eigenvalue weighted by Gasteiger charge is 2.07. The van der Waals surface area contributed by atoms with Crippen molar-refractivity contribution in [3.63, 3.8) is 0 Å². The van der Waals surface area contributed by atoms with Crippen LogP contribution in [0.15, 0.2) is 66.7 Å². The van der Waals surface area contributed by atoms with E-state index in [9.17, 15) is 4.79 Å². The van der Waals surface area contributed by atoms with Crippen molar-refractivity contribution in [2.45, 2.75) is 13.8 Å². The van der Waals surface area contributed by atoms with Crippen molar-refractivity contribution in [2.75, 3.05) is 18.2 Å². The van der Waals surface area contributed by atoms with Crippen LogP contribution in [0, 0.1) is 13.8 Å². The summed E-state index contributed by atoms with van der Waals surface area (Å²) in [4.78, 5) is 12.2. The zero-order valence-electron chi connectivity index (χ0n) is 16.3. The molecule has 0 aliphatic carbocycles. The average molecular weight is 372 g/mol. The van der Waals surface area contributed by atoms with Gasteiger partial charge in [-0.05, 0) is 72.0 Å². The number of methoxy groups -OCH3 is 1. The van der Waals surface area contributed by atoms with E-state index in [0.717, 1.165) is 28.0 Å². The Bertz CT molecular complexity index is 1020. The van der Waals surface area contributed by atoms with Gasteiger partial charge in [0.25, 0.3) is 0 Å². The summed E-state index contributed by atoms with van der Waals surface area (Å²) in [7, 11) is 1.66. The van der Waals surface area contributed by atoms with Gasteiger partial charge in [-0.15, -0.1) is 0 Å². The summed E-state index contributed by atoms with van der Waals surface area (Å²) in [5.74, 6) is 0.622. The summed E-state index contributed by atoms with van der Waals surface area (Å²) < 4.78 is 5.23. The number of carbonyl (C=O) groups is 1. The summed E-state index contributed by atoms with van der Waals surface area (Å²) >= 11 is 0. The predicted molar refractivity (Wildman–Crippen MR) is 116 cm³/mol. The van der Waals surface area contributed by atoms with E-state index in [1.807, 2.05) is 49.4 Å². The highest BCUT2D eigenvalue weighted by Crippen LogP contribution is 2.28. The third-order valence-corrected chi connectivity index (χ3v) is 4.65. The molecular formula is C24H24N2O2. The van der Waals surface area contributed by atoms with Crippen molar-refractivity contribution in [1.82, 2.24) is 0 Å². The molecule has 0 radical (unpaired) electrons. The molecule has 0 saturated heterocycles. The van der Waals surface area contributed by atoms with Crippen molar-refractivity contribution in [1.29, 1.82) is 0 Å². The first-order valence-electron chi connectivity index (χ1n) is 9.07. The number of para-hydroxylation sites is 2. The van der Waals surface area contributed by atoms with E-state index in [-0.39, 0.29) is 5.91 Å². The molecule has 0 bridgehead atoms. The van der Waals surface area contributed by atoms with Gasteiger partial charge in [0.2, 0.25) is 5.91 Å². The fourth-order valence-corrected chi connectivity index (χ4v) is 3.05. The summed E-state index contributed by atoms with van der Waals surface area (Å²) in [6, 6.07) is 19.4. The molecule has 3 aromatic rings. The molecule has 3 aromatic carbocycles. The van der Waals surface area contributed by atoms with Gasteiger partial charge in [-0.2, -0.15) is 0 Å². The third-order valence-electron chi connectivity index (χ3n) is 4.65. The highest BCUT2D eigenvalue weighted by molar-refractivity contribution is 6.03. The van der Waals surface area contributed by atoms with Gasteiger partial charge in [-0.25, -0.2) is 0 Å². The Morgan fingerprint density at radius 3 is 2.39 bits per heavy atom. The SMILES string of the molecule is COc1ccc(-c2cc(C)c(/C=C/C(=O)Nc3ccccc3N)cc2C)cc1. The number of hydrogen-bond acceptors (Lipinski definition) is 3. The van der Waals surface area contributed by atoms with Crippen LogP contribution in [0.1, 0.15) is 16.7 Å². The smallest absolute Gasteiger partial charge is 0.248 e. The number of rotatable bonds is 5. The van der Waals surface area contributed by atoms with Crippen LogP contribution in [0.2, 0.25) is 0 Å². The van der Waals surface area contributed by atoms with Crippen LogP contribution in [-0.2, 0) is 4.79 Å². The van der Waals surface area contributed by atoms with Crippen LogP contribution < -0.4 is 15.8 Å². The molecule has 0 heterocycles. The average Bonchev–Trinajstić information content (AvgIpc) is 2.70. The van der Waals surface area contributed by atoms with E-state index < -0.39 is 0 Å². The lowest BCUT2D eigenvalue weighted by atomic mass is 9.95. The van der Waals surface area contributed by atoms with Crippen molar-refractivity contribution in [3.05, 3.63) is 83.4 Å². The van der Waals surface area contributed by atoms with Crippen LogP contribution in [0.3, 0.4) is 0 Å². The summed E-state index contributed by atoms with van der Waals surface area (Å²) in [6.45, 7) is 4.11. The Morgan fingerprint density at radius 1 is 1.00 bits per heavy atom. The standard InChI is InChI=1S/C24H24N2O2/c1-16-15-21(18-8-11-20(28-3)12-9-18)17(2)14-19(16)10-13-24(27)26-23-7-5-4-6-22(23)25/h4-15H,25H2,1-3H3,(H,26,27)/b13-10+. The molecule has 0 aliphatic heterocycles. The molecule has 0 atom stereocenters. The van der Waals surface area contributed by atoms with Gasteiger partial charge in [0, 0.05) is 6.08 Å². The van der Waals surface area contributed by atoms with Crippen LogP contribution in [0.5, 0.6) is 5.75 Å². The minimum absolute atomic E-state index is 0.214. The molecule has 1 amide bonds. The second-order valence-electron chi connectivity index (χ2n) is 6.66. The number of hydrogen-bond donors (Lipinski definition) is 2. The molecule has 0 aromatic heterocycles. The van der Waals surface area contributed by atoms with Gasteiger partial charge in [-0.3, -0.25) is 4.79 Å². The number of anilines is 2. The maximum Gasteiger partial charge on any atom is 0.248 e. The summed E-state index contributed by atoms with van der Waals surface area (Å²) in [5, 5.41) is 2.80. The number of benzene rings is 3. The lowest BCUT2D eigenvalue weighted by Crippen LogP contribution is -2.09. The van der Waals surface area contributed by atoms with E-state index in [1.54, 1.807) is 19.2 Å². The topological polar surface area (TPSA) is 64.3 Å². The monoisotopic (exact) mass is 372 g/mol. The maximum atomic E-state index is 12.2. The second-order valence-corrected chi connectivity index (χ2v) is 6.66. The number of nitrogen functional groups attached to an aromatic ring is 1. The molecule has 3 rings (SSSR count). The first kappa shape index (κ1) is 19.2. The van der Waals surface area contributed by atoms with Crippen molar-refractivity contribution >= 4 is 23.4 Å². The van der Waals surface area contributed by atoms with Crippen LogP contribution in [-0.4, -0.2) is 13.0 Å². The second kappa shape index (κ2) is 8.44. The first-order valence-corrected chi connectivity index (χ1v) is 9.07. The quantitative estimate of drug-likeness (QED) is 0.477. The van der Waals surface area contributed by atoms with Gasteiger partial charge in [-0.1, -0.05) is 36.4 Å². The van der Waals surface area contributed by atoms with Crippen LogP contribution in [0.4, 0.5) is 11.4 Å². The van der Waals surface area contributed by atoms with Crippen molar-refractivity contribution < 1.29 is 9.53 Å². The Kier molecular flexibility index (Phi) is 5.80. The maximum absolute atomic E-state index is 12.2. The largest absolute Gasteiger partial charge is 0.497 e. The van der Waals surface area contributed by atoms with Gasteiger partial charge < -0.3 is 15.8 Å². The van der Waals surface area contributed by atoms with Gasteiger partial charge in [0.15, 0.2) is 0 Å². The molecule has 4 nitrogen and oxygen atoms in total. The van der Waals surface area contributed by atoms with Crippen LogP contribution in [0.25, 0.3) is 17.2 Å². The lowest BCUT2D eigenvalue weighted by molar-refractivity contribution is -0.111. The Hall–Kier alpha value is -3.53. The summed E-state index contributed by atoms with van der Waals surface area (Å²) in [5.41, 5.74) is 12.6. The highest BCUT2D eigenvalue weighted by atomic mass is 16.5.